The number of likely N-dealkylation sites (N-methyl/N-ethyl adjacent to an activating group) is 1. The van der Waals surface area contributed by atoms with Gasteiger partial charge < -0.3 is 15.7 Å². The monoisotopic (exact) mass is 276 g/mol. The summed E-state index contributed by atoms with van der Waals surface area (Å²) < 4.78 is 0. The maximum atomic E-state index is 12.3. The third kappa shape index (κ3) is 4.05. The number of amides is 1. The van der Waals surface area contributed by atoms with E-state index >= 15 is 0 Å². The Morgan fingerprint density at radius 2 is 2.15 bits per heavy atom. The SMILES string of the molecule is CNCCc1ccccc1C(=O)NCC1CCC(O)C1. The zero-order valence-corrected chi connectivity index (χ0v) is 12.1. The molecule has 1 aliphatic carbocycles. The Balaban J connectivity index is 1.91. The van der Waals surface area contributed by atoms with Gasteiger partial charge in [-0.3, -0.25) is 4.79 Å². The number of benzene rings is 1. The fourth-order valence-corrected chi connectivity index (χ4v) is 2.79. The summed E-state index contributed by atoms with van der Waals surface area (Å²) in [5, 5.41) is 15.6. The molecule has 1 amide bonds. The summed E-state index contributed by atoms with van der Waals surface area (Å²) in [4.78, 5) is 12.3. The largest absolute Gasteiger partial charge is 0.393 e. The maximum absolute atomic E-state index is 12.3. The Kier molecular flexibility index (Phi) is 5.56. The van der Waals surface area contributed by atoms with Crippen molar-refractivity contribution >= 4 is 5.91 Å². The van der Waals surface area contributed by atoms with Crippen LogP contribution in [0.25, 0.3) is 0 Å². The minimum absolute atomic E-state index is 0.00177. The predicted molar refractivity (Wildman–Crippen MR) is 79.8 cm³/mol. The molecule has 0 heterocycles. The molecule has 0 radical (unpaired) electrons. The molecule has 1 saturated carbocycles. The number of rotatable bonds is 6. The van der Waals surface area contributed by atoms with Gasteiger partial charge in [-0.05, 0) is 56.8 Å². The minimum atomic E-state index is -0.181. The summed E-state index contributed by atoms with van der Waals surface area (Å²) >= 11 is 0. The van der Waals surface area contributed by atoms with Crippen LogP contribution < -0.4 is 10.6 Å². The van der Waals surface area contributed by atoms with E-state index in [2.05, 4.69) is 10.6 Å². The zero-order valence-electron chi connectivity index (χ0n) is 12.1. The molecule has 0 aromatic heterocycles. The van der Waals surface area contributed by atoms with Crippen molar-refractivity contribution in [2.24, 2.45) is 5.92 Å². The summed E-state index contributed by atoms with van der Waals surface area (Å²) in [6, 6.07) is 7.75. The van der Waals surface area contributed by atoms with Crippen LogP contribution in [-0.4, -0.2) is 37.3 Å². The van der Waals surface area contributed by atoms with Crippen molar-refractivity contribution in [3.8, 4) is 0 Å². The van der Waals surface area contributed by atoms with Crippen molar-refractivity contribution in [1.29, 1.82) is 0 Å². The lowest BCUT2D eigenvalue weighted by Crippen LogP contribution is -2.29. The first kappa shape index (κ1) is 15.0. The Labute approximate surface area is 120 Å². The number of nitrogens with one attached hydrogen (secondary N) is 2. The topological polar surface area (TPSA) is 61.4 Å². The van der Waals surface area contributed by atoms with E-state index < -0.39 is 0 Å². The van der Waals surface area contributed by atoms with Gasteiger partial charge in [0, 0.05) is 12.1 Å². The normalized spacial score (nSPS) is 21.9. The molecule has 1 aromatic carbocycles. The Morgan fingerprint density at radius 3 is 2.85 bits per heavy atom. The van der Waals surface area contributed by atoms with Crippen molar-refractivity contribution in [2.45, 2.75) is 31.8 Å². The van der Waals surface area contributed by atoms with Gasteiger partial charge >= 0.3 is 0 Å². The first-order valence-electron chi connectivity index (χ1n) is 7.39. The Bertz CT molecular complexity index is 448. The van der Waals surface area contributed by atoms with E-state index in [0.29, 0.717) is 12.5 Å². The average Bonchev–Trinajstić information content (AvgIpc) is 2.88. The average molecular weight is 276 g/mol. The highest BCUT2D eigenvalue weighted by Crippen LogP contribution is 2.24. The highest BCUT2D eigenvalue weighted by molar-refractivity contribution is 5.95. The van der Waals surface area contributed by atoms with Gasteiger partial charge in [0.25, 0.3) is 5.91 Å². The molecular formula is C16H24N2O2. The van der Waals surface area contributed by atoms with Crippen molar-refractivity contribution in [3.63, 3.8) is 0 Å². The van der Waals surface area contributed by atoms with E-state index in [1.807, 2.05) is 31.3 Å². The minimum Gasteiger partial charge on any atom is -0.393 e. The van der Waals surface area contributed by atoms with Gasteiger partial charge in [0.1, 0.15) is 0 Å². The van der Waals surface area contributed by atoms with Crippen LogP contribution in [0.15, 0.2) is 24.3 Å². The van der Waals surface area contributed by atoms with E-state index in [4.69, 9.17) is 0 Å². The van der Waals surface area contributed by atoms with Gasteiger partial charge in [-0.2, -0.15) is 0 Å². The Hall–Kier alpha value is -1.39. The molecule has 1 fully saturated rings. The van der Waals surface area contributed by atoms with Gasteiger partial charge in [-0.1, -0.05) is 18.2 Å². The van der Waals surface area contributed by atoms with Crippen LogP contribution in [0, 0.1) is 5.92 Å². The number of aliphatic hydroxyl groups excluding tert-OH is 1. The molecule has 1 aliphatic rings. The standard InChI is InChI=1S/C16H24N2O2/c1-17-9-8-13-4-2-3-5-15(13)16(20)18-11-12-6-7-14(19)10-12/h2-5,12,14,17,19H,6-11H2,1H3,(H,18,20). The number of aliphatic hydroxyl groups is 1. The summed E-state index contributed by atoms with van der Waals surface area (Å²) in [6.07, 6.45) is 3.34. The van der Waals surface area contributed by atoms with Crippen molar-refractivity contribution in [3.05, 3.63) is 35.4 Å². The van der Waals surface area contributed by atoms with E-state index in [1.54, 1.807) is 0 Å². The molecule has 1 aromatic rings. The van der Waals surface area contributed by atoms with Crippen LogP contribution in [0.1, 0.15) is 35.2 Å². The second-order valence-corrected chi connectivity index (χ2v) is 5.55. The molecule has 2 unspecified atom stereocenters. The second-order valence-electron chi connectivity index (χ2n) is 5.55. The van der Waals surface area contributed by atoms with Crippen LogP contribution in [0.2, 0.25) is 0 Å². The molecule has 110 valence electrons. The van der Waals surface area contributed by atoms with Crippen molar-refractivity contribution < 1.29 is 9.90 Å². The van der Waals surface area contributed by atoms with Gasteiger partial charge in [0.15, 0.2) is 0 Å². The molecule has 20 heavy (non-hydrogen) atoms. The summed E-state index contributed by atoms with van der Waals surface area (Å²) in [5.41, 5.74) is 1.84. The third-order valence-corrected chi connectivity index (χ3v) is 3.97. The van der Waals surface area contributed by atoms with Gasteiger partial charge in [-0.15, -0.1) is 0 Å². The van der Waals surface area contributed by atoms with Gasteiger partial charge in [0.2, 0.25) is 0 Å². The lowest BCUT2D eigenvalue weighted by atomic mass is 10.0. The van der Waals surface area contributed by atoms with E-state index in [1.165, 1.54) is 0 Å². The summed E-state index contributed by atoms with van der Waals surface area (Å²) in [6.45, 7) is 1.52. The molecule has 0 aliphatic heterocycles. The molecule has 3 N–H and O–H groups in total. The predicted octanol–water partition coefficient (Wildman–Crippen LogP) is 1.34. The highest BCUT2D eigenvalue weighted by Gasteiger charge is 2.23. The fraction of sp³-hybridized carbons (Fsp3) is 0.562. The highest BCUT2D eigenvalue weighted by atomic mass is 16.3. The van der Waals surface area contributed by atoms with Crippen LogP contribution in [0.5, 0.6) is 0 Å². The lowest BCUT2D eigenvalue weighted by Gasteiger charge is -2.13. The van der Waals surface area contributed by atoms with Gasteiger partial charge in [-0.25, -0.2) is 0 Å². The van der Waals surface area contributed by atoms with Crippen molar-refractivity contribution in [1.82, 2.24) is 10.6 Å². The van der Waals surface area contributed by atoms with E-state index in [-0.39, 0.29) is 12.0 Å². The first-order chi connectivity index (χ1) is 9.70. The molecular weight excluding hydrogens is 252 g/mol. The fourth-order valence-electron chi connectivity index (χ4n) is 2.79. The second kappa shape index (κ2) is 7.41. The van der Waals surface area contributed by atoms with Crippen LogP contribution >= 0.6 is 0 Å². The van der Waals surface area contributed by atoms with Crippen LogP contribution in [0.4, 0.5) is 0 Å². The zero-order chi connectivity index (χ0) is 14.4. The molecule has 4 heteroatoms. The Morgan fingerprint density at radius 1 is 1.35 bits per heavy atom. The third-order valence-electron chi connectivity index (χ3n) is 3.97. The van der Waals surface area contributed by atoms with E-state index in [9.17, 15) is 9.90 Å². The summed E-state index contributed by atoms with van der Waals surface area (Å²) in [7, 11) is 1.91. The molecule has 2 atom stereocenters. The van der Waals surface area contributed by atoms with Crippen LogP contribution in [-0.2, 0) is 6.42 Å². The molecule has 0 saturated heterocycles. The maximum Gasteiger partial charge on any atom is 0.251 e. The first-order valence-corrected chi connectivity index (χ1v) is 7.39. The summed E-state index contributed by atoms with van der Waals surface area (Å²) in [5.74, 6) is 0.413. The number of carbonyl (C=O) groups is 1. The van der Waals surface area contributed by atoms with E-state index in [0.717, 1.165) is 43.4 Å². The smallest absolute Gasteiger partial charge is 0.251 e. The molecule has 2 rings (SSSR count). The number of hydrogen-bond acceptors (Lipinski definition) is 3. The number of hydrogen-bond donors (Lipinski definition) is 3. The van der Waals surface area contributed by atoms with Crippen LogP contribution in [0.3, 0.4) is 0 Å². The lowest BCUT2D eigenvalue weighted by molar-refractivity contribution is 0.0944. The molecule has 0 spiro atoms. The van der Waals surface area contributed by atoms with Crippen molar-refractivity contribution in [2.75, 3.05) is 20.1 Å². The molecule has 0 bridgehead atoms. The van der Waals surface area contributed by atoms with Gasteiger partial charge in [0.05, 0.1) is 6.10 Å². The number of carbonyl (C=O) groups excluding carboxylic acids is 1. The quantitative estimate of drug-likeness (QED) is 0.735. The molecule has 4 nitrogen and oxygen atoms in total.